The van der Waals surface area contributed by atoms with E-state index in [-0.39, 0.29) is 12.4 Å². The van der Waals surface area contributed by atoms with Crippen molar-refractivity contribution < 1.29 is 17.3 Å². The highest BCUT2D eigenvalue weighted by molar-refractivity contribution is 4.33. The second-order valence-corrected chi connectivity index (χ2v) is 3.31. The zero-order chi connectivity index (χ0) is 8.53. The summed E-state index contributed by atoms with van der Waals surface area (Å²) in [5, 5.41) is 0. The minimum Gasteiger partial charge on any atom is -1.00 e. The van der Waals surface area contributed by atoms with Gasteiger partial charge in [-0.2, -0.15) is 0 Å². The zero-order valence-corrected chi connectivity index (χ0v) is 9.58. The fourth-order valence-corrected chi connectivity index (χ4v) is 1.33. The van der Waals surface area contributed by atoms with Crippen LogP contribution in [0.4, 0.5) is 0 Å². The summed E-state index contributed by atoms with van der Waals surface area (Å²) in [6, 6.07) is 0. The van der Waals surface area contributed by atoms with E-state index in [1.807, 2.05) is 0 Å². The molecule has 2 heteroatoms. The van der Waals surface area contributed by atoms with Crippen molar-refractivity contribution in [2.24, 2.45) is 0 Å². The standard InChI is InChI=1S/C10H23N.ClH/c1-4-7-9-11(6-3)10-8-5-2;/h4-10H2,1-3H3;1H. The molecule has 0 aliphatic heterocycles. The number of nitrogens with one attached hydrogen (secondary N) is 1. The number of rotatable bonds is 7. The van der Waals surface area contributed by atoms with Gasteiger partial charge in [-0.15, -0.1) is 0 Å². The number of hydrogen-bond acceptors (Lipinski definition) is 0. The van der Waals surface area contributed by atoms with Crippen LogP contribution >= 0.6 is 0 Å². The average molecular weight is 194 g/mol. The maximum Gasteiger partial charge on any atom is 0.0770 e. The Hall–Kier alpha value is 0.250. The summed E-state index contributed by atoms with van der Waals surface area (Å²) in [4.78, 5) is 1.79. The summed E-state index contributed by atoms with van der Waals surface area (Å²) < 4.78 is 0. The highest BCUT2D eigenvalue weighted by atomic mass is 35.5. The summed E-state index contributed by atoms with van der Waals surface area (Å²) in [6.07, 6.45) is 5.48. The van der Waals surface area contributed by atoms with Crippen LogP contribution in [-0.4, -0.2) is 19.6 Å². The molecule has 0 rings (SSSR count). The smallest absolute Gasteiger partial charge is 0.0770 e. The van der Waals surface area contributed by atoms with E-state index in [0.717, 1.165) is 0 Å². The summed E-state index contributed by atoms with van der Waals surface area (Å²) in [5.74, 6) is 0. The van der Waals surface area contributed by atoms with Gasteiger partial charge in [-0.1, -0.05) is 26.7 Å². The monoisotopic (exact) mass is 193 g/mol. The lowest BCUT2D eigenvalue weighted by Gasteiger charge is -2.16. The predicted molar refractivity (Wildman–Crippen MR) is 51.1 cm³/mol. The highest BCUT2D eigenvalue weighted by Crippen LogP contribution is 1.82. The van der Waals surface area contributed by atoms with Crippen LogP contribution in [0.2, 0.25) is 0 Å². The maximum absolute atomic E-state index is 2.29. The molecule has 0 aromatic heterocycles. The van der Waals surface area contributed by atoms with Crippen LogP contribution in [0, 0.1) is 0 Å². The van der Waals surface area contributed by atoms with Gasteiger partial charge in [-0.3, -0.25) is 0 Å². The topological polar surface area (TPSA) is 4.44 Å². The van der Waals surface area contributed by atoms with E-state index < -0.39 is 0 Å². The van der Waals surface area contributed by atoms with Gasteiger partial charge in [0.15, 0.2) is 0 Å². The van der Waals surface area contributed by atoms with E-state index in [4.69, 9.17) is 0 Å². The van der Waals surface area contributed by atoms with Gasteiger partial charge in [0, 0.05) is 0 Å². The molecule has 0 unspecified atom stereocenters. The van der Waals surface area contributed by atoms with Gasteiger partial charge < -0.3 is 17.3 Å². The van der Waals surface area contributed by atoms with Crippen LogP contribution in [0.3, 0.4) is 0 Å². The second kappa shape index (κ2) is 11.2. The van der Waals surface area contributed by atoms with Crippen molar-refractivity contribution in [2.45, 2.75) is 46.5 Å². The lowest BCUT2D eigenvalue weighted by Crippen LogP contribution is -3.11. The third kappa shape index (κ3) is 8.35. The summed E-state index contributed by atoms with van der Waals surface area (Å²) in [5.41, 5.74) is 0. The number of hydrogen-bond donors (Lipinski definition) is 1. The van der Waals surface area contributed by atoms with Crippen LogP contribution in [0.15, 0.2) is 0 Å². The van der Waals surface area contributed by atoms with E-state index in [9.17, 15) is 0 Å². The van der Waals surface area contributed by atoms with Crippen molar-refractivity contribution in [3.8, 4) is 0 Å². The molecular formula is C10H24ClN. The van der Waals surface area contributed by atoms with Gasteiger partial charge in [-0.25, -0.2) is 0 Å². The van der Waals surface area contributed by atoms with Crippen molar-refractivity contribution in [1.29, 1.82) is 0 Å². The van der Waals surface area contributed by atoms with Crippen molar-refractivity contribution in [3.05, 3.63) is 0 Å². The molecular weight excluding hydrogens is 170 g/mol. The van der Waals surface area contributed by atoms with Gasteiger partial charge in [0.1, 0.15) is 0 Å². The van der Waals surface area contributed by atoms with E-state index in [1.54, 1.807) is 4.90 Å². The molecule has 0 fully saturated rings. The molecule has 1 nitrogen and oxygen atoms in total. The number of quaternary nitrogens is 1. The molecule has 0 radical (unpaired) electrons. The Labute approximate surface area is 83.9 Å². The van der Waals surface area contributed by atoms with Gasteiger partial charge in [0.25, 0.3) is 0 Å². The van der Waals surface area contributed by atoms with Crippen molar-refractivity contribution in [2.75, 3.05) is 19.6 Å². The summed E-state index contributed by atoms with van der Waals surface area (Å²) in [6.45, 7) is 10.9. The fraction of sp³-hybridized carbons (Fsp3) is 1.00. The van der Waals surface area contributed by atoms with E-state index >= 15 is 0 Å². The van der Waals surface area contributed by atoms with Crippen LogP contribution < -0.4 is 17.3 Å². The van der Waals surface area contributed by atoms with Crippen LogP contribution in [-0.2, 0) is 0 Å². The molecule has 12 heavy (non-hydrogen) atoms. The SMILES string of the molecule is CCCC[NH+](CC)CCCC.[Cl-]. The first-order valence-corrected chi connectivity index (χ1v) is 5.18. The van der Waals surface area contributed by atoms with Crippen molar-refractivity contribution in [1.82, 2.24) is 0 Å². The quantitative estimate of drug-likeness (QED) is 0.502. The highest BCUT2D eigenvalue weighted by Gasteiger charge is 2.02. The van der Waals surface area contributed by atoms with Gasteiger partial charge in [0.2, 0.25) is 0 Å². The van der Waals surface area contributed by atoms with Crippen LogP contribution in [0.1, 0.15) is 46.5 Å². The maximum atomic E-state index is 2.29. The van der Waals surface area contributed by atoms with E-state index in [1.165, 1.54) is 45.3 Å². The molecule has 0 heterocycles. The van der Waals surface area contributed by atoms with E-state index in [0.29, 0.717) is 0 Å². The second-order valence-electron chi connectivity index (χ2n) is 3.31. The normalized spacial score (nSPS) is 10.0. The fourth-order valence-electron chi connectivity index (χ4n) is 1.33. The molecule has 0 aromatic rings. The molecule has 1 N–H and O–H groups in total. The Kier molecular flexibility index (Phi) is 13.8. The molecule has 0 spiro atoms. The summed E-state index contributed by atoms with van der Waals surface area (Å²) >= 11 is 0. The Morgan fingerprint density at radius 2 is 1.25 bits per heavy atom. The Morgan fingerprint density at radius 3 is 1.50 bits per heavy atom. The number of halogens is 1. The average Bonchev–Trinajstić information content (AvgIpc) is 2.05. The van der Waals surface area contributed by atoms with E-state index in [2.05, 4.69) is 20.8 Å². The molecule has 0 bridgehead atoms. The zero-order valence-electron chi connectivity index (χ0n) is 8.83. The van der Waals surface area contributed by atoms with Gasteiger partial charge in [-0.05, 0) is 19.8 Å². The Bertz CT molecular complexity index is 68.2. The molecule has 0 saturated heterocycles. The minimum atomic E-state index is 0. The lowest BCUT2D eigenvalue weighted by atomic mass is 10.2. The minimum absolute atomic E-state index is 0. The molecule has 0 saturated carbocycles. The van der Waals surface area contributed by atoms with Crippen molar-refractivity contribution >= 4 is 0 Å². The molecule has 0 atom stereocenters. The third-order valence-electron chi connectivity index (χ3n) is 2.27. The molecule has 0 aliphatic rings. The Morgan fingerprint density at radius 1 is 0.833 bits per heavy atom. The predicted octanol–water partition coefficient (Wildman–Crippen LogP) is -1.50. The first kappa shape index (κ1) is 14.8. The van der Waals surface area contributed by atoms with Crippen molar-refractivity contribution in [3.63, 3.8) is 0 Å². The Balaban J connectivity index is 0. The first-order chi connectivity index (χ1) is 5.35. The van der Waals surface area contributed by atoms with Gasteiger partial charge in [0.05, 0.1) is 19.6 Å². The molecule has 0 amide bonds. The molecule has 0 aromatic carbocycles. The number of unbranched alkanes of at least 4 members (excludes halogenated alkanes) is 2. The lowest BCUT2D eigenvalue weighted by molar-refractivity contribution is -0.898. The summed E-state index contributed by atoms with van der Waals surface area (Å²) in [7, 11) is 0. The molecule has 76 valence electrons. The largest absolute Gasteiger partial charge is 1.00 e. The van der Waals surface area contributed by atoms with Crippen LogP contribution in [0.5, 0.6) is 0 Å². The first-order valence-electron chi connectivity index (χ1n) is 5.18. The van der Waals surface area contributed by atoms with Crippen LogP contribution in [0.25, 0.3) is 0 Å². The molecule has 0 aliphatic carbocycles. The van der Waals surface area contributed by atoms with Gasteiger partial charge >= 0.3 is 0 Å². The third-order valence-corrected chi connectivity index (χ3v) is 2.27.